The van der Waals surface area contributed by atoms with Gasteiger partial charge in [-0.25, -0.2) is 0 Å². The van der Waals surface area contributed by atoms with E-state index in [1.165, 1.54) is 44.2 Å². The van der Waals surface area contributed by atoms with Crippen LogP contribution in [-0.2, 0) is 4.79 Å². The molecule has 0 atom stereocenters. The summed E-state index contributed by atoms with van der Waals surface area (Å²) in [6.45, 7) is 10.5. The molecule has 4 bridgehead atoms. The normalized spacial score (nSPS) is 26.5. The summed E-state index contributed by atoms with van der Waals surface area (Å²) in [5.41, 5.74) is 7.12. The van der Waals surface area contributed by atoms with E-state index in [0.29, 0.717) is 6.42 Å². The molecule has 36 heavy (non-hydrogen) atoms. The van der Waals surface area contributed by atoms with Gasteiger partial charge in [0.05, 0.1) is 5.69 Å². The molecule has 0 saturated heterocycles. The van der Waals surface area contributed by atoms with Crippen molar-refractivity contribution in [2.24, 2.45) is 23.2 Å². The largest absolute Gasteiger partial charge is 0.372 e. The van der Waals surface area contributed by atoms with Crippen molar-refractivity contribution in [3.8, 4) is 5.69 Å². The topological polar surface area (TPSA) is 63.1 Å². The van der Waals surface area contributed by atoms with Crippen molar-refractivity contribution in [2.45, 2.75) is 72.6 Å². The van der Waals surface area contributed by atoms with E-state index >= 15 is 0 Å². The van der Waals surface area contributed by atoms with Crippen molar-refractivity contribution in [3.05, 3.63) is 41.5 Å². The Labute approximate surface area is 214 Å². The summed E-state index contributed by atoms with van der Waals surface area (Å²) >= 11 is 0. The van der Waals surface area contributed by atoms with E-state index in [4.69, 9.17) is 10.2 Å². The number of anilines is 2. The lowest BCUT2D eigenvalue weighted by molar-refractivity contribution is -0.124. The van der Waals surface area contributed by atoms with Crippen LogP contribution in [0.2, 0.25) is 0 Å². The number of carbonyl (C=O) groups excluding carboxylic acids is 1. The highest BCUT2D eigenvalue weighted by Gasteiger charge is 2.51. The number of rotatable bonds is 7. The van der Waals surface area contributed by atoms with Gasteiger partial charge in [-0.3, -0.25) is 4.79 Å². The van der Waals surface area contributed by atoms with Crippen LogP contribution in [0.3, 0.4) is 0 Å². The second kappa shape index (κ2) is 8.89. The first kappa shape index (κ1) is 23.5. The third-order valence-corrected chi connectivity index (χ3v) is 9.23. The van der Waals surface area contributed by atoms with Gasteiger partial charge in [-0.2, -0.15) is 4.80 Å². The first-order chi connectivity index (χ1) is 17.3. The Hall–Kier alpha value is -2.89. The van der Waals surface area contributed by atoms with Crippen LogP contribution in [0.5, 0.6) is 0 Å². The molecule has 190 valence electrons. The minimum Gasteiger partial charge on any atom is -0.372 e. The second-order valence-electron chi connectivity index (χ2n) is 11.9. The van der Waals surface area contributed by atoms with Crippen molar-refractivity contribution in [1.82, 2.24) is 15.0 Å². The smallest absolute Gasteiger partial charge is 0.224 e. The average Bonchev–Trinajstić information content (AvgIpc) is 3.21. The van der Waals surface area contributed by atoms with E-state index in [0.717, 1.165) is 64.4 Å². The third-order valence-electron chi connectivity index (χ3n) is 9.23. The molecule has 2 aromatic carbocycles. The number of nitrogens with one attached hydrogen (secondary N) is 1. The van der Waals surface area contributed by atoms with Gasteiger partial charge in [0.25, 0.3) is 0 Å². The number of amides is 1. The van der Waals surface area contributed by atoms with Crippen molar-refractivity contribution >= 4 is 28.3 Å². The minimum absolute atomic E-state index is 0.162. The van der Waals surface area contributed by atoms with Gasteiger partial charge in [0, 0.05) is 30.9 Å². The maximum atomic E-state index is 13.2. The number of carbonyl (C=O) groups is 1. The zero-order valence-electron chi connectivity index (χ0n) is 22.2. The summed E-state index contributed by atoms with van der Waals surface area (Å²) in [6.07, 6.45) is 8.65. The molecule has 4 aliphatic rings. The Bertz CT molecular complexity index is 1270. The van der Waals surface area contributed by atoms with Crippen molar-refractivity contribution < 1.29 is 4.79 Å². The average molecular weight is 486 g/mol. The van der Waals surface area contributed by atoms with Crippen LogP contribution in [0.15, 0.2) is 30.3 Å². The fraction of sp³-hybridized carbons (Fsp3) is 0.567. The fourth-order valence-corrected chi connectivity index (χ4v) is 8.00. The zero-order chi connectivity index (χ0) is 25.0. The van der Waals surface area contributed by atoms with Crippen molar-refractivity contribution in [2.75, 3.05) is 23.3 Å². The molecule has 1 N–H and O–H groups in total. The zero-order valence-corrected chi connectivity index (χ0v) is 22.2. The Balaban J connectivity index is 1.21. The SMILES string of the molecule is CCN(CC)c1ccc(-n2nc3cc(C)c(NC(=O)CC45CC6CC(CC(C6)C4)C5)cc3n2)c(C)c1. The van der Waals surface area contributed by atoms with Gasteiger partial charge in [0.1, 0.15) is 11.0 Å². The standard InChI is InChI=1S/C30H39N5O/c1-5-34(6-2)24-7-8-28(20(4)9-24)35-32-26-10-19(3)25(14-27(26)33-35)31-29(36)18-30-15-21-11-22(16-30)13-23(12-21)17-30/h7-10,14,21-23H,5-6,11-13,15-18H2,1-4H3,(H,31,36). The number of aromatic nitrogens is 3. The van der Waals surface area contributed by atoms with Gasteiger partial charge >= 0.3 is 0 Å². The van der Waals surface area contributed by atoms with Gasteiger partial charge in [-0.15, -0.1) is 10.2 Å². The molecule has 1 amide bonds. The number of fused-ring (bicyclic) bond motifs is 1. The van der Waals surface area contributed by atoms with Crippen molar-refractivity contribution in [3.63, 3.8) is 0 Å². The molecular weight excluding hydrogens is 446 g/mol. The fourth-order valence-electron chi connectivity index (χ4n) is 8.00. The van der Waals surface area contributed by atoms with Gasteiger partial charge in [-0.05, 0) is 131 Å². The first-order valence-electron chi connectivity index (χ1n) is 13.9. The molecule has 0 aliphatic heterocycles. The third kappa shape index (κ3) is 4.18. The lowest BCUT2D eigenvalue weighted by Gasteiger charge is -2.56. The summed E-state index contributed by atoms with van der Waals surface area (Å²) < 4.78 is 0. The van der Waals surface area contributed by atoms with Crippen LogP contribution >= 0.6 is 0 Å². The molecule has 0 unspecified atom stereocenters. The van der Waals surface area contributed by atoms with E-state index in [-0.39, 0.29) is 11.3 Å². The summed E-state index contributed by atoms with van der Waals surface area (Å²) in [5, 5.41) is 12.8. The van der Waals surface area contributed by atoms with Crippen LogP contribution in [0.4, 0.5) is 11.4 Å². The van der Waals surface area contributed by atoms with Crippen LogP contribution in [0, 0.1) is 37.0 Å². The highest BCUT2D eigenvalue weighted by molar-refractivity contribution is 5.94. The predicted molar refractivity (Wildman–Crippen MR) is 146 cm³/mol. The highest BCUT2D eigenvalue weighted by Crippen LogP contribution is 2.61. The quantitative estimate of drug-likeness (QED) is 0.419. The molecule has 4 saturated carbocycles. The molecule has 1 heterocycles. The summed E-state index contributed by atoms with van der Waals surface area (Å²) in [7, 11) is 0. The molecule has 7 rings (SSSR count). The van der Waals surface area contributed by atoms with E-state index in [9.17, 15) is 4.79 Å². The van der Waals surface area contributed by atoms with Crippen molar-refractivity contribution in [1.29, 1.82) is 0 Å². The molecule has 0 spiro atoms. The molecule has 3 aromatic rings. The predicted octanol–water partition coefficient (Wildman–Crippen LogP) is 6.43. The molecule has 1 aromatic heterocycles. The summed E-state index contributed by atoms with van der Waals surface area (Å²) in [6, 6.07) is 10.5. The lowest BCUT2D eigenvalue weighted by atomic mass is 9.49. The number of hydrogen-bond donors (Lipinski definition) is 1. The Kier molecular flexibility index (Phi) is 5.81. The monoisotopic (exact) mass is 485 g/mol. The van der Waals surface area contributed by atoms with Gasteiger partial charge < -0.3 is 10.2 Å². The van der Waals surface area contributed by atoms with Crippen LogP contribution in [0.1, 0.15) is 69.9 Å². The molecular formula is C30H39N5O. The summed E-state index contributed by atoms with van der Waals surface area (Å²) in [4.78, 5) is 17.3. The molecule has 4 fully saturated rings. The first-order valence-corrected chi connectivity index (χ1v) is 13.9. The van der Waals surface area contributed by atoms with Gasteiger partial charge in [-0.1, -0.05) is 0 Å². The van der Waals surface area contributed by atoms with Crippen LogP contribution in [-0.4, -0.2) is 34.0 Å². The van der Waals surface area contributed by atoms with E-state index in [1.54, 1.807) is 4.80 Å². The van der Waals surface area contributed by atoms with Crippen LogP contribution in [0.25, 0.3) is 16.7 Å². The maximum absolute atomic E-state index is 13.2. The van der Waals surface area contributed by atoms with E-state index in [1.807, 2.05) is 19.1 Å². The maximum Gasteiger partial charge on any atom is 0.224 e. The molecule has 4 aliphatic carbocycles. The molecule has 6 heteroatoms. The number of aryl methyl sites for hydroxylation is 2. The van der Waals surface area contributed by atoms with Crippen LogP contribution < -0.4 is 10.2 Å². The highest BCUT2D eigenvalue weighted by atomic mass is 16.1. The number of nitrogens with zero attached hydrogens (tertiary/aromatic N) is 4. The van der Waals surface area contributed by atoms with E-state index in [2.05, 4.69) is 49.2 Å². The second-order valence-corrected chi connectivity index (χ2v) is 11.9. The van der Waals surface area contributed by atoms with Gasteiger partial charge in [0.2, 0.25) is 5.91 Å². The Morgan fingerprint density at radius 2 is 1.56 bits per heavy atom. The minimum atomic E-state index is 0.162. The molecule has 0 radical (unpaired) electrons. The van der Waals surface area contributed by atoms with Gasteiger partial charge in [0.15, 0.2) is 0 Å². The Morgan fingerprint density at radius 1 is 0.944 bits per heavy atom. The number of hydrogen-bond acceptors (Lipinski definition) is 4. The Morgan fingerprint density at radius 3 is 2.14 bits per heavy atom. The molecule has 6 nitrogen and oxygen atoms in total. The van der Waals surface area contributed by atoms with E-state index < -0.39 is 0 Å². The number of benzene rings is 2. The lowest BCUT2D eigenvalue weighted by Crippen LogP contribution is -2.47. The summed E-state index contributed by atoms with van der Waals surface area (Å²) in [5.74, 6) is 2.75.